The van der Waals surface area contributed by atoms with Gasteiger partial charge >= 0.3 is 0 Å². The highest BCUT2D eigenvalue weighted by Gasteiger charge is 2.28. The highest BCUT2D eigenvalue weighted by molar-refractivity contribution is 7.89. The first-order valence-corrected chi connectivity index (χ1v) is 11.2. The summed E-state index contributed by atoms with van der Waals surface area (Å²) >= 11 is 0. The number of nitrogens with one attached hydrogen (secondary N) is 1. The zero-order chi connectivity index (χ0) is 20.4. The van der Waals surface area contributed by atoms with Gasteiger partial charge < -0.3 is 15.0 Å². The van der Waals surface area contributed by atoms with Crippen molar-refractivity contribution in [1.82, 2.24) is 14.5 Å². The third kappa shape index (κ3) is 4.14. The normalized spacial score (nSPS) is 20.5. The van der Waals surface area contributed by atoms with Crippen molar-refractivity contribution >= 4 is 15.9 Å². The zero-order valence-electron chi connectivity index (χ0n) is 16.4. The van der Waals surface area contributed by atoms with Crippen LogP contribution in [0.1, 0.15) is 28.4 Å². The maximum atomic E-state index is 12.8. The van der Waals surface area contributed by atoms with Crippen molar-refractivity contribution < 1.29 is 17.9 Å². The lowest BCUT2D eigenvalue weighted by atomic mass is 10.00. The van der Waals surface area contributed by atoms with Gasteiger partial charge in [0.05, 0.1) is 17.5 Å². The third-order valence-corrected chi connectivity index (χ3v) is 7.39. The maximum Gasteiger partial charge on any atom is 0.251 e. The molecule has 1 amide bonds. The molecular formula is C21H25N3O4S. The van der Waals surface area contributed by atoms with Gasteiger partial charge in [0.25, 0.3) is 5.91 Å². The summed E-state index contributed by atoms with van der Waals surface area (Å²) in [4.78, 5) is 15.0. The lowest BCUT2D eigenvalue weighted by molar-refractivity contribution is 0.0924. The van der Waals surface area contributed by atoms with E-state index in [2.05, 4.69) is 10.2 Å². The second-order valence-corrected chi connectivity index (χ2v) is 9.37. The third-order valence-electron chi connectivity index (χ3n) is 5.48. The predicted octanol–water partition coefficient (Wildman–Crippen LogP) is 1.88. The van der Waals surface area contributed by atoms with Gasteiger partial charge in [-0.05, 0) is 37.4 Å². The molecular weight excluding hydrogens is 390 g/mol. The molecule has 2 aromatic rings. The Balaban J connectivity index is 1.46. The fourth-order valence-electron chi connectivity index (χ4n) is 3.69. The molecule has 1 atom stereocenters. The number of likely N-dealkylation sites (N-methyl/N-ethyl adjacent to an activating group) is 1. The summed E-state index contributed by atoms with van der Waals surface area (Å²) in [5.41, 5.74) is 1.40. The van der Waals surface area contributed by atoms with E-state index in [9.17, 15) is 13.2 Å². The van der Waals surface area contributed by atoms with Crippen LogP contribution in [0.3, 0.4) is 0 Å². The molecule has 1 saturated heterocycles. The predicted molar refractivity (Wildman–Crippen MR) is 109 cm³/mol. The minimum atomic E-state index is -3.54. The van der Waals surface area contributed by atoms with Crippen LogP contribution in [0.2, 0.25) is 0 Å². The first-order chi connectivity index (χ1) is 13.9. The summed E-state index contributed by atoms with van der Waals surface area (Å²) in [7, 11) is -1.56. The molecule has 0 radical (unpaired) electrons. The van der Waals surface area contributed by atoms with E-state index in [1.54, 1.807) is 12.1 Å². The molecule has 1 unspecified atom stereocenters. The number of piperazine rings is 1. The molecule has 8 heteroatoms. The van der Waals surface area contributed by atoms with Gasteiger partial charge in [-0.15, -0.1) is 0 Å². The van der Waals surface area contributed by atoms with E-state index >= 15 is 0 Å². The van der Waals surface area contributed by atoms with E-state index in [0.29, 0.717) is 44.8 Å². The molecule has 1 N–H and O–H groups in total. The lowest BCUT2D eigenvalue weighted by Crippen LogP contribution is -2.47. The Labute approximate surface area is 171 Å². The van der Waals surface area contributed by atoms with Crippen LogP contribution >= 0.6 is 0 Å². The van der Waals surface area contributed by atoms with Crippen LogP contribution < -0.4 is 10.1 Å². The highest BCUT2D eigenvalue weighted by Crippen LogP contribution is 2.31. The summed E-state index contributed by atoms with van der Waals surface area (Å²) in [5, 5.41) is 3.03. The van der Waals surface area contributed by atoms with E-state index in [0.717, 1.165) is 11.3 Å². The van der Waals surface area contributed by atoms with E-state index in [1.165, 1.54) is 16.4 Å². The highest BCUT2D eigenvalue weighted by atomic mass is 32.2. The molecule has 1 fully saturated rings. The number of amides is 1. The first-order valence-electron chi connectivity index (χ1n) is 9.76. The number of fused-ring (bicyclic) bond motifs is 1. The molecule has 0 saturated carbocycles. The van der Waals surface area contributed by atoms with E-state index in [4.69, 9.17) is 4.74 Å². The number of rotatable bonds is 4. The van der Waals surface area contributed by atoms with Crippen molar-refractivity contribution in [3.05, 3.63) is 59.7 Å². The molecule has 0 bridgehead atoms. The molecule has 2 aliphatic heterocycles. The minimum absolute atomic E-state index is 0.124. The number of para-hydroxylation sites is 1. The van der Waals surface area contributed by atoms with Gasteiger partial charge in [-0.1, -0.05) is 18.2 Å². The van der Waals surface area contributed by atoms with E-state index < -0.39 is 10.0 Å². The van der Waals surface area contributed by atoms with Crippen LogP contribution in [0, 0.1) is 0 Å². The Morgan fingerprint density at radius 2 is 1.72 bits per heavy atom. The number of carbonyl (C=O) groups is 1. The molecule has 2 aliphatic rings. The summed E-state index contributed by atoms with van der Waals surface area (Å²) in [5.74, 6) is 0.563. The number of sulfonamides is 1. The molecule has 29 heavy (non-hydrogen) atoms. The molecule has 7 nitrogen and oxygen atoms in total. The van der Waals surface area contributed by atoms with Crippen molar-refractivity contribution in [1.29, 1.82) is 0 Å². The van der Waals surface area contributed by atoms with Gasteiger partial charge in [0.1, 0.15) is 5.75 Å². The molecule has 2 heterocycles. The van der Waals surface area contributed by atoms with Gasteiger partial charge in [-0.3, -0.25) is 4.79 Å². The standard InChI is InChI=1S/C21H25N3O4S/c1-23-11-13-24(14-12-23)29(26,27)17-8-6-16(7-9-17)21(25)22-19-10-15-28-20-5-3-2-4-18(19)20/h2-9,19H,10-15H2,1H3,(H,22,25). The van der Waals surface area contributed by atoms with Crippen LogP contribution in [0.4, 0.5) is 0 Å². The maximum absolute atomic E-state index is 12.8. The van der Waals surface area contributed by atoms with Gasteiger partial charge in [-0.25, -0.2) is 8.42 Å². The monoisotopic (exact) mass is 415 g/mol. The molecule has 2 aromatic carbocycles. The lowest BCUT2D eigenvalue weighted by Gasteiger charge is -2.31. The van der Waals surface area contributed by atoms with Crippen LogP contribution in [0.25, 0.3) is 0 Å². The van der Waals surface area contributed by atoms with Gasteiger partial charge in [0.15, 0.2) is 0 Å². The van der Waals surface area contributed by atoms with E-state index in [1.807, 2.05) is 31.3 Å². The summed E-state index contributed by atoms with van der Waals surface area (Å²) in [6.07, 6.45) is 0.693. The SMILES string of the molecule is CN1CCN(S(=O)(=O)c2ccc(C(=O)NC3CCOc4ccccc43)cc2)CC1. The van der Waals surface area contributed by atoms with Crippen molar-refractivity contribution in [2.75, 3.05) is 39.8 Å². The van der Waals surface area contributed by atoms with Crippen LogP contribution in [-0.2, 0) is 10.0 Å². The first kappa shape index (κ1) is 19.9. The number of benzene rings is 2. The molecule has 0 spiro atoms. The van der Waals surface area contributed by atoms with Crippen molar-refractivity contribution in [3.8, 4) is 5.75 Å². The van der Waals surface area contributed by atoms with Crippen molar-refractivity contribution in [2.45, 2.75) is 17.4 Å². The number of nitrogens with zero attached hydrogens (tertiary/aromatic N) is 2. The average Bonchev–Trinajstić information content (AvgIpc) is 2.74. The molecule has 0 aliphatic carbocycles. The zero-order valence-corrected chi connectivity index (χ0v) is 17.2. The molecule has 0 aromatic heterocycles. The second kappa shape index (κ2) is 8.14. The Kier molecular flexibility index (Phi) is 5.58. The Hall–Kier alpha value is -2.42. The number of hydrogen-bond donors (Lipinski definition) is 1. The topological polar surface area (TPSA) is 79.0 Å². The summed E-state index contributed by atoms with van der Waals surface area (Å²) in [6.45, 7) is 2.93. The van der Waals surface area contributed by atoms with Gasteiger partial charge in [-0.2, -0.15) is 4.31 Å². The molecule has 154 valence electrons. The van der Waals surface area contributed by atoms with Gasteiger partial charge in [0.2, 0.25) is 10.0 Å². The number of carbonyl (C=O) groups excluding carboxylic acids is 1. The van der Waals surface area contributed by atoms with Crippen molar-refractivity contribution in [2.24, 2.45) is 0 Å². The Morgan fingerprint density at radius 3 is 2.45 bits per heavy atom. The average molecular weight is 416 g/mol. The second-order valence-electron chi connectivity index (χ2n) is 7.43. The largest absolute Gasteiger partial charge is 0.493 e. The smallest absolute Gasteiger partial charge is 0.251 e. The summed E-state index contributed by atoms with van der Waals surface area (Å²) < 4.78 is 32.8. The van der Waals surface area contributed by atoms with Crippen LogP contribution in [0.5, 0.6) is 5.75 Å². The van der Waals surface area contributed by atoms with E-state index in [-0.39, 0.29) is 16.8 Å². The summed E-state index contributed by atoms with van der Waals surface area (Å²) in [6, 6.07) is 13.7. The van der Waals surface area contributed by atoms with Crippen LogP contribution in [0.15, 0.2) is 53.4 Å². The number of ether oxygens (including phenoxy) is 1. The Morgan fingerprint density at radius 1 is 1.03 bits per heavy atom. The van der Waals surface area contributed by atoms with Crippen molar-refractivity contribution in [3.63, 3.8) is 0 Å². The van der Waals surface area contributed by atoms with Gasteiger partial charge in [0, 0.05) is 43.7 Å². The minimum Gasteiger partial charge on any atom is -0.493 e. The van der Waals surface area contributed by atoms with Crippen LogP contribution in [-0.4, -0.2) is 63.4 Å². The Bertz CT molecular complexity index is 983. The fraction of sp³-hybridized carbons (Fsp3) is 0.381. The quantitative estimate of drug-likeness (QED) is 0.825. The molecule has 4 rings (SSSR count). The fourth-order valence-corrected chi connectivity index (χ4v) is 5.11. The number of hydrogen-bond acceptors (Lipinski definition) is 5.